The van der Waals surface area contributed by atoms with E-state index in [2.05, 4.69) is 14.6 Å². The largest absolute Gasteiger partial charge is 0.376 e. The highest BCUT2D eigenvalue weighted by molar-refractivity contribution is 7.20. The van der Waals surface area contributed by atoms with E-state index in [1.807, 2.05) is 27.7 Å². The van der Waals surface area contributed by atoms with Gasteiger partial charge < -0.3 is 20.9 Å². The van der Waals surface area contributed by atoms with Crippen LogP contribution in [0.15, 0.2) is 0 Å². The molecule has 0 aromatic heterocycles. The fourth-order valence-corrected chi connectivity index (χ4v) is 1.57. The lowest BCUT2D eigenvalue weighted by molar-refractivity contribution is -0.132. The van der Waals surface area contributed by atoms with E-state index >= 15 is 0 Å². The normalized spacial score (nSPS) is 16.0. The number of hydrogen-bond acceptors (Lipinski definition) is 4. The molecule has 0 aliphatic carbocycles. The van der Waals surface area contributed by atoms with Crippen LogP contribution in [0.2, 0.25) is 0 Å². The summed E-state index contributed by atoms with van der Waals surface area (Å²) in [5.41, 5.74) is 4.84. The molecule has 0 saturated carbocycles. The van der Waals surface area contributed by atoms with Gasteiger partial charge in [-0.15, -0.1) is 0 Å². The maximum Gasteiger partial charge on any atom is 0.255 e. The maximum atomic E-state index is 11.7. The Hall–Kier alpha value is -0.220. The van der Waals surface area contributed by atoms with Gasteiger partial charge >= 0.3 is 0 Å². The third-order valence-corrected chi connectivity index (χ3v) is 3.14. The van der Waals surface area contributed by atoms with E-state index < -0.39 is 16.8 Å². The predicted molar refractivity (Wildman–Crippen MR) is 80.9 cm³/mol. The van der Waals surface area contributed by atoms with Crippen LogP contribution in [-0.4, -0.2) is 40.6 Å². The maximum absolute atomic E-state index is 11.7. The van der Waals surface area contributed by atoms with Crippen molar-refractivity contribution in [2.24, 2.45) is 5.73 Å². The fraction of sp³-hybridized carbons (Fsp3) is 0.923. The summed E-state index contributed by atoms with van der Waals surface area (Å²) < 4.78 is 5.77. The summed E-state index contributed by atoms with van der Waals surface area (Å²) in [7, 11) is 2.11. The summed E-state index contributed by atoms with van der Waals surface area (Å²) >= 11 is 0. The van der Waals surface area contributed by atoms with Crippen LogP contribution in [0.5, 0.6) is 0 Å². The number of carbonyl (C=O) groups excluding carboxylic acids is 1. The molecule has 1 amide bonds. The van der Waals surface area contributed by atoms with E-state index in [0.717, 1.165) is 6.42 Å². The SMILES string of the molecule is CC(C)(CCOC(C)(C)CCN)NC(=O)C(C)(O)P. The van der Waals surface area contributed by atoms with Crippen LogP contribution >= 0.6 is 9.24 Å². The van der Waals surface area contributed by atoms with E-state index in [9.17, 15) is 9.90 Å². The molecule has 0 heterocycles. The molecule has 0 bridgehead atoms. The van der Waals surface area contributed by atoms with Crippen LogP contribution in [0.4, 0.5) is 0 Å². The van der Waals surface area contributed by atoms with Crippen LogP contribution in [0, 0.1) is 0 Å². The van der Waals surface area contributed by atoms with Gasteiger partial charge in [0.1, 0.15) is 0 Å². The minimum absolute atomic E-state index is 0.249. The van der Waals surface area contributed by atoms with Gasteiger partial charge in [-0.05, 0) is 54.0 Å². The average Bonchev–Trinajstić information content (AvgIpc) is 2.13. The van der Waals surface area contributed by atoms with Gasteiger partial charge in [0.2, 0.25) is 0 Å². The molecule has 0 fully saturated rings. The van der Waals surface area contributed by atoms with E-state index in [-0.39, 0.29) is 5.60 Å². The minimum Gasteiger partial charge on any atom is -0.376 e. The van der Waals surface area contributed by atoms with Crippen molar-refractivity contribution in [1.29, 1.82) is 0 Å². The Labute approximate surface area is 118 Å². The fourth-order valence-electron chi connectivity index (χ4n) is 1.50. The molecule has 2 unspecified atom stereocenters. The zero-order chi connectivity index (χ0) is 15.3. The second kappa shape index (κ2) is 6.98. The summed E-state index contributed by atoms with van der Waals surface area (Å²) in [6.07, 6.45) is 1.45. The lowest BCUT2D eigenvalue weighted by atomic mass is 10.00. The van der Waals surface area contributed by atoms with Crippen LogP contribution < -0.4 is 11.1 Å². The Morgan fingerprint density at radius 1 is 1.26 bits per heavy atom. The molecular formula is C13H29N2O3P. The Bertz CT molecular complexity index is 299. The number of rotatable bonds is 8. The first-order chi connectivity index (χ1) is 8.40. The molecule has 0 spiro atoms. The summed E-state index contributed by atoms with van der Waals surface area (Å²) in [6, 6.07) is 0. The number of carbonyl (C=O) groups is 1. The summed E-state index contributed by atoms with van der Waals surface area (Å²) in [5.74, 6) is -0.413. The van der Waals surface area contributed by atoms with E-state index in [1.54, 1.807) is 0 Å². The third-order valence-electron chi connectivity index (χ3n) is 2.88. The molecule has 0 aliphatic heterocycles. The van der Waals surface area contributed by atoms with Crippen molar-refractivity contribution in [3.05, 3.63) is 0 Å². The highest BCUT2D eigenvalue weighted by Crippen LogP contribution is 2.19. The van der Waals surface area contributed by atoms with Crippen LogP contribution in [0.25, 0.3) is 0 Å². The van der Waals surface area contributed by atoms with Gasteiger partial charge in [-0.2, -0.15) is 0 Å². The Balaban J connectivity index is 4.21. The van der Waals surface area contributed by atoms with Gasteiger partial charge in [-0.3, -0.25) is 4.79 Å². The lowest BCUT2D eigenvalue weighted by Gasteiger charge is -2.31. The van der Waals surface area contributed by atoms with Gasteiger partial charge in [0.25, 0.3) is 5.91 Å². The van der Waals surface area contributed by atoms with Crippen LogP contribution in [-0.2, 0) is 9.53 Å². The number of ether oxygens (including phenoxy) is 1. The topological polar surface area (TPSA) is 84.6 Å². The first kappa shape index (κ1) is 18.8. The molecule has 0 aromatic rings. The number of hydrogen-bond donors (Lipinski definition) is 3. The van der Waals surface area contributed by atoms with Gasteiger partial charge in [0.05, 0.1) is 5.60 Å². The molecule has 4 N–H and O–H groups in total. The second-order valence-corrected chi connectivity index (χ2v) is 7.51. The Kier molecular flexibility index (Phi) is 6.90. The second-order valence-electron chi connectivity index (χ2n) is 6.38. The summed E-state index contributed by atoms with van der Waals surface area (Å²) in [4.78, 5) is 11.7. The molecular weight excluding hydrogens is 263 g/mol. The van der Waals surface area contributed by atoms with Gasteiger partial charge in [-0.1, -0.05) is 9.24 Å². The lowest BCUT2D eigenvalue weighted by Crippen LogP contribution is -2.51. The van der Waals surface area contributed by atoms with Crippen LogP contribution in [0.1, 0.15) is 47.5 Å². The molecule has 5 nitrogen and oxygen atoms in total. The molecule has 19 heavy (non-hydrogen) atoms. The molecule has 0 saturated heterocycles. The number of nitrogens with two attached hydrogens (primary N) is 1. The van der Waals surface area contributed by atoms with Gasteiger partial charge in [-0.25, -0.2) is 0 Å². The molecule has 0 radical (unpaired) electrons. The van der Waals surface area contributed by atoms with Crippen molar-refractivity contribution in [3.63, 3.8) is 0 Å². The van der Waals surface area contributed by atoms with Crippen molar-refractivity contribution in [1.82, 2.24) is 5.32 Å². The summed E-state index contributed by atoms with van der Waals surface area (Å²) in [6.45, 7) is 10.4. The zero-order valence-corrected chi connectivity index (χ0v) is 13.9. The van der Waals surface area contributed by atoms with Crippen molar-refractivity contribution in [2.45, 2.75) is 63.9 Å². The average molecular weight is 292 g/mol. The van der Waals surface area contributed by atoms with Crippen molar-refractivity contribution in [3.8, 4) is 0 Å². The Morgan fingerprint density at radius 2 is 1.79 bits per heavy atom. The van der Waals surface area contributed by atoms with Gasteiger partial charge in [0.15, 0.2) is 5.34 Å². The molecule has 0 rings (SSSR count). The third kappa shape index (κ3) is 8.53. The smallest absolute Gasteiger partial charge is 0.255 e. The highest BCUT2D eigenvalue weighted by Gasteiger charge is 2.30. The molecule has 0 aromatic carbocycles. The van der Waals surface area contributed by atoms with Gasteiger partial charge in [0, 0.05) is 12.1 Å². The first-order valence-corrected chi connectivity index (χ1v) is 7.15. The van der Waals surface area contributed by atoms with Crippen LogP contribution in [0.3, 0.4) is 0 Å². The predicted octanol–water partition coefficient (Wildman–Crippen LogP) is 0.999. The monoisotopic (exact) mass is 292 g/mol. The minimum atomic E-state index is -1.45. The van der Waals surface area contributed by atoms with E-state index in [4.69, 9.17) is 10.5 Å². The van der Waals surface area contributed by atoms with E-state index in [0.29, 0.717) is 19.6 Å². The number of aliphatic hydroxyl groups is 1. The van der Waals surface area contributed by atoms with E-state index in [1.165, 1.54) is 6.92 Å². The first-order valence-electron chi connectivity index (χ1n) is 6.57. The van der Waals surface area contributed by atoms with Crippen molar-refractivity contribution in [2.75, 3.05) is 13.2 Å². The standard InChI is InChI=1S/C13H29N2O3P/c1-11(2,15-10(16)13(5,17)19)7-9-18-12(3,4)6-8-14/h17H,6-9,14,19H2,1-5H3,(H,15,16). The Morgan fingerprint density at radius 3 is 2.21 bits per heavy atom. The number of nitrogens with one attached hydrogen (secondary N) is 1. The quantitative estimate of drug-likeness (QED) is 0.583. The van der Waals surface area contributed by atoms with Crippen molar-refractivity contribution < 1.29 is 14.6 Å². The van der Waals surface area contributed by atoms with Crippen molar-refractivity contribution >= 4 is 15.1 Å². The highest BCUT2D eigenvalue weighted by atomic mass is 31.0. The zero-order valence-electron chi connectivity index (χ0n) is 12.7. The molecule has 114 valence electrons. The molecule has 6 heteroatoms. The number of amides is 1. The molecule has 2 atom stereocenters. The summed E-state index contributed by atoms with van der Waals surface area (Å²) in [5, 5.41) is 10.9. The molecule has 0 aliphatic rings.